The molecule has 84 valence electrons. The summed E-state index contributed by atoms with van der Waals surface area (Å²) in [7, 11) is -3.70. The van der Waals surface area contributed by atoms with Crippen LogP contribution in [0.15, 0.2) is 52.9 Å². The van der Waals surface area contributed by atoms with Crippen LogP contribution in [0.3, 0.4) is 0 Å². The lowest BCUT2D eigenvalue weighted by Crippen LogP contribution is -2.17. The van der Waals surface area contributed by atoms with Crippen LogP contribution in [0.5, 0.6) is 0 Å². The van der Waals surface area contributed by atoms with Crippen LogP contribution in [0, 0.1) is 0 Å². The van der Waals surface area contributed by atoms with Crippen LogP contribution in [-0.2, 0) is 10.0 Å². The van der Waals surface area contributed by atoms with Crippen molar-refractivity contribution in [3.8, 4) is 0 Å². The number of hydrogen-bond acceptors (Lipinski definition) is 4. The first-order valence-corrected chi connectivity index (χ1v) is 6.88. The molecule has 2 N–H and O–H groups in total. The summed E-state index contributed by atoms with van der Waals surface area (Å²) in [6, 6.07) is 6.64. The third-order valence-electron chi connectivity index (χ3n) is 1.99. The van der Waals surface area contributed by atoms with Crippen LogP contribution in [0.4, 0.5) is 5.69 Å². The normalized spacial score (nSPS) is 15.4. The molecule has 1 aliphatic heterocycles. The van der Waals surface area contributed by atoms with Crippen LogP contribution in [-0.4, -0.2) is 8.42 Å². The SMILES string of the molecule is NS(=O)(=O)c1ccccc1N1C=CC=CS1. The van der Waals surface area contributed by atoms with Gasteiger partial charge >= 0.3 is 0 Å². The van der Waals surface area contributed by atoms with E-state index in [0.717, 1.165) is 0 Å². The van der Waals surface area contributed by atoms with Gasteiger partial charge in [-0.15, -0.1) is 0 Å². The molecule has 1 aliphatic rings. The summed E-state index contributed by atoms with van der Waals surface area (Å²) in [6.45, 7) is 0. The number of para-hydroxylation sites is 1. The average Bonchev–Trinajstić information content (AvgIpc) is 2.29. The van der Waals surface area contributed by atoms with Gasteiger partial charge in [-0.1, -0.05) is 18.2 Å². The van der Waals surface area contributed by atoms with E-state index in [-0.39, 0.29) is 4.90 Å². The largest absolute Gasteiger partial charge is 0.287 e. The van der Waals surface area contributed by atoms with E-state index in [1.807, 2.05) is 17.6 Å². The fourth-order valence-electron chi connectivity index (χ4n) is 1.33. The highest BCUT2D eigenvalue weighted by atomic mass is 32.2. The first-order chi connectivity index (χ1) is 7.59. The van der Waals surface area contributed by atoms with E-state index in [0.29, 0.717) is 5.69 Å². The molecule has 0 unspecified atom stereocenters. The zero-order valence-corrected chi connectivity index (χ0v) is 9.91. The Morgan fingerprint density at radius 1 is 1.19 bits per heavy atom. The van der Waals surface area contributed by atoms with Crippen molar-refractivity contribution in [2.24, 2.45) is 5.14 Å². The molecule has 0 aromatic heterocycles. The van der Waals surface area contributed by atoms with Crippen molar-refractivity contribution in [3.05, 3.63) is 48.0 Å². The second kappa shape index (κ2) is 4.32. The summed E-state index contributed by atoms with van der Waals surface area (Å²) < 4.78 is 24.5. The number of rotatable bonds is 2. The molecular formula is C10H10N2O2S2. The standard InChI is InChI=1S/C10H10N2O2S2/c11-16(13,14)10-6-2-1-5-9(10)12-7-3-4-8-15-12/h1-8H,(H2,11,13,14). The number of nitrogens with zero attached hydrogens (tertiary/aromatic N) is 1. The molecule has 0 radical (unpaired) electrons. The molecule has 1 heterocycles. The molecular weight excluding hydrogens is 244 g/mol. The van der Waals surface area contributed by atoms with Crippen LogP contribution in [0.1, 0.15) is 0 Å². The Balaban J connectivity index is 2.49. The summed E-state index contributed by atoms with van der Waals surface area (Å²) in [6.07, 6.45) is 5.49. The van der Waals surface area contributed by atoms with Crippen LogP contribution < -0.4 is 9.44 Å². The smallest absolute Gasteiger partial charge is 0.240 e. The van der Waals surface area contributed by atoms with Gasteiger partial charge in [0.15, 0.2) is 0 Å². The number of anilines is 1. The monoisotopic (exact) mass is 254 g/mol. The van der Waals surface area contributed by atoms with Crippen LogP contribution in [0.25, 0.3) is 0 Å². The number of hydrogen-bond donors (Lipinski definition) is 1. The molecule has 0 saturated heterocycles. The second-order valence-corrected chi connectivity index (χ2v) is 5.52. The quantitative estimate of drug-likeness (QED) is 0.818. The molecule has 0 aliphatic carbocycles. The molecule has 0 saturated carbocycles. The average molecular weight is 254 g/mol. The van der Waals surface area contributed by atoms with Gasteiger partial charge in [0.2, 0.25) is 10.0 Å². The van der Waals surface area contributed by atoms with Crippen molar-refractivity contribution in [1.29, 1.82) is 0 Å². The molecule has 1 aromatic rings. The lowest BCUT2D eigenvalue weighted by molar-refractivity contribution is 0.598. The number of allylic oxidation sites excluding steroid dienone is 2. The van der Waals surface area contributed by atoms with E-state index >= 15 is 0 Å². The predicted molar refractivity (Wildman–Crippen MR) is 66.2 cm³/mol. The Kier molecular flexibility index (Phi) is 3.04. The van der Waals surface area contributed by atoms with Gasteiger partial charge in [-0.3, -0.25) is 4.31 Å². The van der Waals surface area contributed by atoms with Crippen molar-refractivity contribution in [1.82, 2.24) is 0 Å². The van der Waals surface area contributed by atoms with E-state index in [1.165, 1.54) is 18.0 Å². The van der Waals surface area contributed by atoms with Gasteiger partial charge in [0.1, 0.15) is 4.90 Å². The minimum atomic E-state index is -3.70. The molecule has 4 nitrogen and oxygen atoms in total. The topological polar surface area (TPSA) is 63.4 Å². The highest BCUT2D eigenvalue weighted by Gasteiger charge is 2.17. The maximum Gasteiger partial charge on any atom is 0.240 e. The van der Waals surface area contributed by atoms with Crippen molar-refractivity contribution in [3.63, 3.8) is 0 Å². The van der Waals surface area contributed by atoms with Gasteiger partial charge in [0, 0.05) is 6.20 Å². The fourth-order valence-corrected chi connectivity index (χ4v) is 2.82. The molecule has 0 amide bonds. The molecule has 0 atom stereocenters. The molecule has 0 bridgehead atoms. The number of sulfonamides is 1. The molecule has 16 heavy (non-hydrogen) atoms. The fraction of sp³-hybridized carbons (Fsp3) is 0. The summed E-state index contributed by atoms with van der Waals surface area (Å²) in [5, 5.41) is 7.02. The van der Waals surface area contributed by atoms with Gasteiger partial charge < -0.3 is 0 Å². The lowest BCUT2D eigenvalue weighted by Gasteiger charge is -2.20. The van der Waals surface area contributed by atoms with Gasteiger partial charge in [0.05, 0.1) is 5.69 Å². The lowest BCUT2D eigenvalue weighted by atomic mass is 10.3. The third-order valence-corrected chi connectivity index (χ3v) is 3.78. The molecule has 2 rings (SSSR count). The summed E-state index contributed by atoms with van der Waals surface area (Å²) in [4.78, 5) is 0.127. The van der Waals surface area contributed by atoms with E-state index in [4.69, 9.17) is 5.14 Å². The minimum absolute atomic E-state index is 0.127. The maximum absolute atomic E-state index is 11.4. The second-order valence-electron chi connectivity index (χ2n) is 3.11. The van der Waals surface area contributed by atoms with Crippen LogP contribution >= 0.6 is 11.9 Å². The number of primary sulfonamides is 1. The van der Waals surface area contributed by atoms with Crippen molar-refractivity contribution >= 4 is 27.7 Å². The number of nitrogens with two attached hydrogens (primary N) is 1. The van der Waals surface area contributed by atoms with Gasteiger partial charge in [-0.05, 0) is 35.6 Å². The van der Waals surface area contributed by atoms with Crippen molar-refractivity contribution < 1.29 is 8.42 Å². The summed E-state index contributed by atoms with van der Waals surface area (Å²) >= 11 is 1.39. The van der Waals surface area contributed by atoms with Crippen LogP contribution in [0.2, 0.25) is 0 Å². The van der Waals surface area contributed by atoms with Crippen molar-refractivity contribution in [2.45, 2.75) is 4.90 Å². The minimum Gasteiger partial charge on any atom is -0.287 e. The first kappa shape index (κ1) is 11.3. The third kappa shape index (κ3) is 2.29. The predicted octanol–water partition coefficient (Wildman–Crippen LogP) is 1.83. The van der Waals surface area contributed by atoms with Gasteiger partial charge in [-0.25, -0.2) is 13.6 Å². The molecule has 6 heteroatoms. The summed E-state index contributed by atoms with van der Waals surface area (Å²) in [5.74, 6) is 0. The van der Waals surface area contributed by atoms with Gasteiger partial charge in [-0.2, -0.15) is 0 Å². The van der Waals surface area contributed by atoms with Gasteiger partial charge in [0.25, 0.3) is 0 Å². The summed E-state index contributed by atoms with van der Waals surface area (Å²) in [5.41, 5.74) is 0.565. The van der Waals surface area contributed by atoms with E-state index in [2.05, 4.69) is 0 Å². The van der Waals surface area contributed by atoms with Crippen molar-refractivity contribution in [2.75, 3.05) is 4.31 Å². The molecule has 1 aromatic carbocycles. The Labute approximate surface area is 98.6 Å². The van der Waals surface area contributed by atoms with E-state index in [1.54, 1.807) is 28.7 Å². The molecule has 0 fully saturated rings. The van der Waals surface area contributed by atoms with E-state index in [9.17, 15) is 8.42 Å². The Morgan fingerprint density at radius 3 is 2.56 bits per heavy atom. The zero-order chi connectivity index (χ0) is 11.6. The number of benzene rings is 1. The Bertz CT molecular complexity index is 550. The zero-order valence-electron chi connectivity index (χ0n) is 8.28. The Hall–Kier alpha value is -1.24. The maximum atomic E-state index is 11.4. The highest BCUT2D eigenvalue weighted by Crippen LogP contribution is 2.31. The highest BCUT2D eigenvalue weighted by molar-refractivity contribution is 8.03. The Morgan fingerprint density at radius 2 is 1.94 bits per heavy atom. The first-order valence-electron chi connectivity index (χ1n) is 4.50. The van der Waals surface area contributed by atoms with E-state index < -0.39 is 10.0 Å². The molecule has 0 spiro atoms.